The van der Waals surface area contributed by atoms with Crippen LogP contribution in [0.15, 0.2) is 41.1 Å². The molecule has 5 nitrogen and oxygen atoms in total. The van der Waals surface area contributed by atoms with E-state index < -0.39 is 5.97 Å². The van der Waals surface area contributed by atoms with Crippen molar-refractivity contribution in [3.63, 3.8) is 0 Å². The normalized spacial score (nSPS) is 10.7. The van der Waals surface area contributed by atoms with Crippen LogP contribution in [0.5, 0.6) is 0 Å². The Balaban J connectivity index is 2.09. The van der Waals surface area contributed by atoms with Crippen LogP contribution in [-0.4, -0.2) is 23.0 Å². The number of ether oxygens (including phenoxy) is 1. The number of aromatic amines is 1. The summed E-state index contributed by atoms with van der Waals surface area (Å²) in [6.45, 7) is 0. The van der Waals surface area contributed by atoms with Crippen molar-refractivity contribution < 1.29 is 13.9 Å². The molecule has 0 saturated carbocycles. The summed E-state index contributed by atoms with van der Waals surface area (Å²) in [5.41, 5.74) is 2.38. The van der Waals surface area contributed by atoms with Gasteiger partial charge in [0.2, 0.25) is 5.82 Å². The van der Waals surface area contributed by atoms with Gasteiger partial charge >= 0.3 is 5.97 Å². The summed E-state index contributed by atoms with van der Waals surface area (Å²) >= 11 is 0. The number of rotatable bonds is 2. The van der Waals surface area contributed by atoms with Crippen molar-refractivity contribution >= 4 is 16.9 Å². The fraction of sp³-hybridized carbons (Fsp3) is 0.0769. The molecule has 90 valence electrons. The van der Waals surface area contributed by atoms with Gasteiger partial charge in [-0.2, -0.15) is 0 Å². The Labute approximate surface area is 102 Å². The number of imidazole rings is 1. The molecule has 0 unspecified atom stereocenters. The molecule has 2 heterocycles. The van der Waals surface area contributed by atoms with Gasteiger partial charge < -0.3 is 14.1 Å². The lowest BCUT2D eigenvalue weighted by Crippen LogP contribution is -2.03. The minimum absolute atomic E-state index is 0.179. The molecule has 0 amide bonds. The van der Waals surface area contributed by atoms with Gasteiger partial charge in [0.15, 0.2) is 0 Å². The number of carbonyl (C=O) groups excluding carboxylic acids is 1. The van der Waals surface area contributed by atoms with Crippen LogP contribution in [0.3, 0.4) is 0 Å². The summed E-state index contributed by atoms with van der Waals surface area (Å²) < 4.78 is 10.0. The van der Waals surface area contributed by atoms with E-state index in [1.54, 1.807) is 12.5 Å². The molecule has 18 heavy (non-hydrogen) atoms. The number of nitrogens with zero attached hydrogens (tertiary/aromatic N) is 1. The third-order valence-corrected chi connectivity index (χ3v) is 2.73. The predicted molar refractivity (Wildman–Crippen MR) is 65.1 cm³/mol. The van der Waals surface area contributed by atoms with E-state index in [0.29, 0.717) is 0 Å². The van der Waals surface area contributed by atoms with Crippen molar-refractivity contribution in [3.05, 3.63) is 42.5 Å². The number of H-pyrrole nitrogens is 1. The number of hydrogen-bond donors (Lipinski definition) is 1. The first-order valence-electron chi connectivity index (χ1n) is 5.39. The van der Waals surface area contributed by atoms with E-state index in [1.807, 2.05) is 24.3 Å². The van der Waals surface area contributed by atoms with Crippen LogP contribution < -0.4 is 0 Å². The highest BCUT2D eigenvalue weighted by molar-refractivity contribution is 5.94. The van der Waals surface area contributed by atoms with Crippen molar-refractivity contribution in [1.29, 1.82) is 0 Å². The fourth-order valence-corrected chi connectivity index (χ4v) is 1.84. The Kier molecular flexibility index (Phi) is 2.37. The minimum Gasteiger partial charge on any atom is -0.464 e. The van der Waals surface area contributed by atoms with Gasteiger partial charge in [0, 0.05) is 10.9 Å². The Morgan fingerprint density at radius 3 is 3.06 bits per heavy atom. The van der Waals surface area contributed by atoms with E-state index in [2.05, 4.69) is 14.7 Å². The van der Waals surface area contributed by atoms with Gasteiger partial charge in [-0.25, -0.2) is 9.78 Å². The van der Waals surface area contributed by atoms with E-state index in [4.69, 9.17) is 4.42 Å². The number of nitrogens with one attached hydrogen (secondary N) is 1. The number of para-hydroxylation sites is 1. The molecule has 0 aliphatic heterocycles. The fourth-order valence-electron chi connectivity index (χ4n) is 1.84. The lowest BCUT2D eigenvalue weighted by atomic mass is 10.1. The number of hydrogen-bond acceptors (Lipinski definition) is 4. The van der Waals surface area contributed by atoms with Crippen LogP contribution in [0.4, 0.5) is 0 Å². The van der Waals surface area contributed by atoms with Crippen LogP contribution in [0.25, 0.3) is 22.2 Å². The van der Waals surface area contributed by atoms with E-state index in [1.165, 1.54) is 7.11 Å². The largest absolute Gasteiger partial charge is 0.464 e. The molecule has 3 aromatic rings. The predicted octanol–water partition coefficient (Wildman–Crippen LogP) is 2.61. The molecule has 0 atom stereocenters. The van der Waals surface area contributed by atoms with Crippen LogP contribution in [-0.2, 0) is 4.74 Å². The van der Waals surface area contributed by atoms with Crippen molar-refractivity contribution in [2.45, 2.75) is 0 Å². The SMILES string of the molecule is COC(=O)c1ncc(-c2coc3ccccc23)[nH]1. The van der Waals surface area contributed by atoms with Gasteiger partial charge in [-0.15, -0.1) is 0 Å². The van der Waals surface area contributed by atoms with Crippen LogP contribution in [0.1, 0.15) is 10.6 Å². The zero-order valence-electron chi connectivity index (χ0n) is 9.64. The summed E-state index contributed by atoms with van der Waals surface area (Å²) in [4.78, 5) is 18.2. The smallest absolute Gasteiger partial charge is 0.374 e. The average molecular weight is 242 g/mol. The Morgan fingerprint density at radius 1 is 1.39 bits per heavy atom. The average Bonchev–Trinajstić information content (AvgIpc) is 3.03. The second kappa shape index (κ2) is 4.03. The van der Waals surface area contributed by atoms with E-state index in [-0.39, 0.29) is 5.82 Å². The van der Waals surface area contributed by atoms with E-state index in [9.17, 15) is 4.79 Å². The molecule has 0 spiro atoms. The maximum absolute atomic E-state index is 11.3. The molecular formula is C13H10N2O3. The molecule has 0 saturated heterocycles. The number of carbonyl (C=O) groups is 1. The van der Waals surface area contributed by atoms with Crippen molar-refractivity contribution in [1.82, 2.24) is 9.97 Å². The quantitative estimate of drug-likeness (QED) is 0.701. The number of benzene rings is 1. The molecule has 5 heteroatoms. The molecule has 0 bridgehead atoms. The highest BCUT2D eigenvalue weighted by Crippen LogP contribution is 2.29. The Hall–Kier alpha value is -2.56. The first-order valence-corrected chi connectivity index (χ1v) is 5.39. The monoisotopic (exact) mass is 242 g/mol. The summed E-state index contributed by atoms with van der Waals surface area (Å²) in [6.07, 6.45) is 3.22. The molecule has 0 aliphatic carbocycles. The van der Waals surface area contributed by atoms with Crippen LogP contribution >= 0.6 is 0 Å². The molecule has 0 radical (unpaired) electrons. The van der Waals surface area contributed by atoms with Crippen molar-refractivity contribution in [3.8, 4) is 11.3 Å². The number of furan rings is 1. The lowest BCUT2D eigenvalue weighted by Gasteiger charge is -1.94. The van der Waals surface area contributed by atoms with Crippen molar-refractivity contribution in [2.24, 2.45) is 0 Å². The highest BCUT2D eigenvalue weighted by atomic mass is 16.5. The molecule has 1 N–H and O–H groups in total. The minimum atomic E-state index is -0.492. The highest BCUT2D eigenvalue weighted by Gasteiger charge is 2.14. The summed E-state index contributed by atoms with van der Waals surface area (Å²) in [7, 11) is 1.32. The molecule has 0 aliphatic rings. The van der Waals surface area contributed by atoms with Gasteiger partial charge in [0.1, 0.15) is 11.8 Å². The maximum Gasteiger partial charge on any atom is 0.374 e. The standard InChI is InChI=1S/C13H10N2O3/c1-17-13(16)12-14-6-10(15-12)9-7-18-11-5-3-2-4-8(9)11/h2-7H,1H3,(H,14,15). The van der Waals surface area contributed by atoms with Gasteiger partial charge in [-0.1, -0.05) is 18.2 Å². The van der Waals surface area contributed by atoms with Gasteiger partial charge in [0.05, 0.1) is 19.0 Å². The van der Waals surface area contributed by atoms with Crippen LogP contribution in [0, 0.1) is 0 Å². The number of methoxy groups -OCH3 is 1. The van der Waals surface area contributed by atoms with Gasteiger partial charge in [-0.3, -0.25) is 0 Å². The van der Waals surface area contributed by atoms with E-state index >= 15 is 0 Å². The molecule has 0 fully saturated rings. The zero-order chi connectivity index (χ0) is 12.5. The summed E-state index contributed by atoms with van der Waals surface area (Å²) in [6, 6.07) is 7.67. The second-order valence-corrected chi connectivity index (χ2v) is 3.78. The molecular weight excluding hydrogens is 232 g/mol. The maximum atomic E-state index is 11.3. The van der Waals surface area contributed by atoms with Gasteiger partial charge in [-0.05, 0) is 6.07 Å². The first kappa shape index (κ1) is 10.6. The molecule has 2 aromatic heterocycles. The first-order chi connectivity index (χ1) is 8.79. The molecule has 1 aromatic carbocycles. The topological polar surface area (TPSA) is 68.1 Å². The lowest BCUT2D eigenvalue weighted by molar-refractivity contribution is 0.0588. The van der Waals surface area contributed by atoms with E-state index in [0.717, 1.165) is 22.2 Å². The Bertz CT molecular complexity index is 712. The summed E-state index contributed by atoms with van der Waals surface area (Å²) in [5, 5.41) is 0.970. The number of aromatic nitrogens is 2. The number of esters is 1. The third-order valence-electron chi connectivity index (χ3n) is 2.73. The van der Waals surface area contributed by atoms with Gasteiger partial charge in [0.25, 0.3) is 0 Å². The zero-order valence-corrected chi connectivity index (χ0v) is 9.64. The second-order valence-electron chi connectivity index (χ2n) is 3.78. The molecule has 3 rings (SSSR count). The summed E-state index contributed by atoms with van der Waals surface area (Å²) in [5.74, 6) is -0.313. The van der Waals surface area contributed by atoms with Crippen LogP contribution in [0.2, 0.25) is 0 Å². The third kappa shape index (κ3) is 1.57. The van der Waals surface area contributed by atoms with Crippen molar-refractivity contribution in [2.75, 3.05) is 7.11 Å². The Morgan fingerprint density at radius 2 is 2.22 bits per heavy atom. The number of fused-ring (bicyclic) bond motifs is 1.